The number of piperidine rings is 1. The maximum atomic E-state index is 5.62. The zero-order valence-corrected chi connectivity index (χ0v) is 21.8. The van der Waals surface area contributed by atoms with E-state index in [1.807, 2.05) is 6.20 Å². The fourth-order valence-electron chi connectivity index (χ4n) is 4.21. The molecule has 0 radical (unpaired) electrons. The summed E-state index contributed by atoms with van der Waals surface area (Å²) in [6.45, 7) is 14.0. The number of aliphatic imine (C=N–C) groups is 1. The number of pyridine rings is 1. The first kappa shape index (κ1) is 26.1. The first-order chi connectivity index (χ1) is 14.7. The maximum Gasteiger partial charge on any atom is 0.191 e. The van der Waals surface area contributed by atoms with Crippen molar-refractivity contribution in [3.8, 4) is 0 Å². The summed E-state index contributed by atoms with van der Waals surface area (Å²) < 4.78 is 5.62. The van der Waals surface area contributed by atoms with Crippen molar-refractivity contribution in [2.45, 2.75) is 65.1 Å². The summed E-state index contributed by atoms with van der Waals surface area (Å²) in [5.41, 5.74) is 1.12. The van der Waals surface area contributed by atoms with E-state index in [4.69, 9.17) is 9.73 Å². The molecule has 2 N–H and O–H groups in total. The van der Waals surface area contributed by atoms with Crippen LogP contribution >= 0.6 is 24.0 Å². The third-order valence-electron chi connectivity index (χ3n) is 5.99. The average Bonchev–Trinajstić information content (AvgIpc) is 2.76. The molecule has 0 saturated carbocycles. The summed E-state index contributed by atoms with van der Waals surface area (Å²) in [5, 5.41) is 6.83. The molecular weight excluding hydrogens is 503 g/mol. The van der Waals surface area contributed by atoms with Crippen LogP contribution in [-0.4, -0.2) is 73.9 Å². The summed E-state index contributed by atoms with van der Waals surface area (Å²) in [4.78, 5) is 14.3. The second kappa shape index (κ2) is 14.1. The fraction of sp³-hybridized carbons (Fsp3) is 0.739. The van der Waals surface area contributed by atoms with Gasteiger partial charge in [-0.1, -0.05) is 12.5 Å². The smallest absolute Gasteiger partial charge is 0.191 e. The van der Waals surface area contributed by atoms with Crippen LogP contribution in [0.4, 0.5) is 5.82 Å². The number of ether oxygens (including phenoxy) is 1. The Hall–Kier alpha value is -1.13. The number of rotatable bonds is 8. The molecule has 176 valence electrons. The Morgan fingerprint density at radius 3 is 2.81 bits per heavy atom. The Labute approximate surface area is 205 Å². The second-order valence-electron chi connectivity index (χ2n) is 8.51. The number of aromatic nitrogens is 1. The molecule has 0 bridgehead atoms. The van der Waals surface area contributed by atoms with Crippen LogP contribution in [-0.2, 0) is 11.3 Å². The van der Waals surface area contributed by atoms with Crippen LogP contribution in [0.2, 0.25) is 0 Å². The van der Waals surface area contributed by atoms with Gasteiger partial charge in [0.15, 0.2) is 5.96 Å². The van der Waals surface area contributed by atoms with Crippen LogP contribution in [0, 0.1) is 0 Å². The van der Waals surface area contributed by atoms with Gasteiger partial charge >= 0.3 is 0 Å². The molecule has 2 saturated heterocycles. The van der Waals surface area contributed by atoms with Gasteiger partial charge in [0.05, 0.1) is 19.3 Å². The molecule has 8 heteroatoms. The van der Waals surface area contributed by atoms with Crippen molar-refractivity contribution in [3.63, 3.8) is 0 Å². The van der Waals surface area contributed by atoms with Crippen LogP contribution in [0.15, 0.2) is 23.3 Å². The SMILES string of the molecule is CCNC(=NCc1ccc(N2CCOC(C)C2)nc1)NCCCN1CCCCC1C.I. The van der Waals surface area contributed by atoms with Gasteiger partial charge in [-0.05, 0) is 58.2 Å². The molecule has 2 aliphatic rings. The average molecular weight is 545 g/mol. The maximum absolute atomic E-state index is 5.62. The number of hydrogen-bond donors (Lipinski definition) is 2. The minimum absolute atomic E-state index is 0. The van der Waals surface area contributed by atoms with Crippen molar-refractivity contribution in [2.24, 2.45) is 4.99 Å². The molecular formula is C23H41IN6O. The number of anilines is 1. The van der Waals surface area contributed by atoms with E-state index in [2.05, 4.69) is 58.3 Å². The highest BCUT2D eigenvalue weighted by Gasteiger charge is 2.18. The van der Waals surface area contributed by atoms with Crippen LogP contribution in [0.25, 0.3) is 0 Å². The number of halogens is 1. The second-order valence-corrected chi connectivity index (χ2v) is 8.51. The molecule has 1 aromatic heterocycles. The topological polar surface area (TPSA) is 65.0 Å². The van der Waals surface area contributed by atoms with E-state index in [-0.39, 0.29) is 30.1 Å². The first-order valence-electron chi connectivity index (χ1n) is 11.7. The van der Waals surface area contributed by atoms with E-state index in [0.29, 0.717) is 6.54 Å². The van der Waals surface area contributed by atoms with Crippen LogP contribution in [0.5, 0.6) is 0 Å². The summed E-state index contributed by atoms with van der Waals surface area (Å²) in [5.74, 6) is 1.91. The summed E-state index contributed by atoms with van der Waals surface area (Å²) in [6, 6.07) is 4.97. The minimum Gasteiger partial charge on any atom is -0.375 e. The third kappa shape index (κ3) is 8.73. The predicted octanol–water partition coefficient (Wildman–Crippen LogP) is 3.24. The van der Waals surface area contributed by atoms with Gasteiger partial charge in [0.25, 0.3) is 0 Å². The lowest BCUT2D eigenvalue weighted by atomic mass is 10.0. The quantitative estimate of drug-likeness (QED) is 0.227. The van der Waals surface area contributed by atoms with Crippen molar-refractivity contribution in [1.29, 1.82) is 0 Å². The molecule has 0 amide bonds. The van der Waals surface area contributed by atoms with E-state index in [9.17, 15) is 0 Å². The Morgan fingerprint density at radius 2 is 2.10 bits per heavy atom. The standard InChI is InChI=1S/C23H40N6O.HI/c1-4-24-23(25-11-7-13-28-12-6-5-8-19(28)2)27-17-21-9-10-22(26-16-21)29-14-15-30-20(3)18-29;/h9-10,16,19-20H,4-8,11-15,17-18H2,1-3H3,(H2,24,25,27);1H. The van der Waals surface area contributed by atoms with E-state index in [0.717, 1.165) is 62.6 Å². The van der Waals surface area contributed by atoms with Crippen LogP contribution < -0.4 is 15.5 Å². The van der Waals surface area contributed by atoms with Gasteiger partial charge in [-0.2, -0.15) is 0 Å². The summed E-state index contributed by atoms with van der Waals surface area (Å²) in [7, 11) is 0. The number of morpholine rings is 1. The molecule has 0 spiro atoms. The van der Waals surface area contributed by atoms with Gasteiger partial charge < -0.3 is 25.2 Å². The highest BCUT2D eigenvalue weighted by Crippen LogP contribution is 2.17. The van der Waals surface area contributed by atoms with Gasteiger partial charge in [0.2, 0.25) is 0 Å². The molecule has 31 heavy (non-hydrogen) atoms. The highest BCUT2D eigenvalue weighted by molar-refractivity contribution is 14.0. The number of nitrogens with one attached hydrogen (secondary N) is 2. The van der Waals surface area contributed by atoms with Crippen molar-refractivity contribution in [3.05, 3.63) is 23.9 Å². The lowest BCUT2D eigenvalue weighted by molar-refractivity contribution is 0.0529. The van der Waals surface area contributed by atoms with Gasteiger partial charge in [0.1, 0.15) is 5.82 Å². The summed E-state index contributed by atoms with van der Waals surface area (Å²) in [6.07, 6.45) is 7.42. The molecule has 3 heterocycles. The number of likely N-dealkylation sites (tertiary alicyclic amines) is 1. The third-order valence-corrected chi connectivity index (χ3v) is 5.99. The number of nitrogens with zero attached hydrogens (tertiary/aromatic N) is 4. The van der Waals surface area contributed by atoms with E-state index < -0.39 is 0 Å². The monoisotopic (exact) mass is 544 g/mol. The van der Waals surface area contributed by atoms with Gasteiger partial charge in [-0.15, -0.1) is 24.0 Å². The minimum atomic E-state index is 0. The molecule has 2 aliphatic heterocycles. The zero-order valence-electron chi connectivity index (χ0n) is 19.5. The first-order valence-corrected chi connectivity index (χ1v) is 11.7. The van der Waals surface area contributed by atoms with Gasteiger partial charge in [0, 0.05) is 45.0 Å². The van der Waals surface area contributed by atoms with E-state index in [1.54, 1.807) is 0 Å². The number of hydrogen-bond acceptors (Lipinski definition) is 5. The Balaban J connectivity index is 0.00000341. The van der Waals surface area contributed by atoms with Crippen molar-refractivity contribution in [1.82, 2.24) is 20.5 Å². The molecule has 3 rings (SSSR count). The number of guanidine groups is 1. The molecule has 2 fully saturated rings. The zero-order chi connectivity index (χ0) is 21.2. The van der Waals surface area contributed by atoms with Crippen molar-refractivity contribution >= 4 is 35.8 Å². The normalized spacial score (nSPS) is 22.7. The van der Waals surface area contributed by atoms with Crippen LogP contribution in [0.1, 0.15) is 52.0 Å². The van der Waals surface area contributed by atoms with Crippen molar-refractivity contribution in [2.75, 3.05) is 50.8 Å². The molecule has 7 nitrogen and oxygen atoms in total. The molecule has 1 aromatic rings. The Bertz CT molecular complexity index is 656. The largest absolute Gasteiger partial charge is 0.375 e. The fourth-order valence-corrected chi connectivity index (χ4v) is 4.21. The van der Waals surface area contributed by atoms with Gasteiger partial charge in [-0.25, -0.2) is 9.98 Å². The molecule has 0 aliphatic carbocycles. The predicted molar refractivity (Wildman–Crippen MR) is 140 cm³/mol. The molecule has 0 aromatic carbocycles. The highest BCUT2D eigenvalue weighted by atomic mass is 127. The molecule has 2 atom stereocenters. The van der Waals surface area contributed by atoms with Crippen molar-refractivity contribution < 1.29 is 4.74 Å². The van der Waals surface area contributed by atoms with E-state index in [1.165, 1.54) is 32.4 Å². The lowest BCUT2D eigenvalue weighted by Gasteiger charge is -2.33. The Morgan fingerprint density at radius 1 is 1.23 bits per heavy atom. The van der Waals surface area contributed by atoms with Crippen LogP contribution in [0.3, 0.4) is 0 Å². The Kier molecular flexibility index (Phi) is 11.9. The van der Waals surface area contributed by atoms with E-state index >= 15 is 0 Å². The summed E-state index contributed by atoms with van der Waals surface area (Å²) >= 11 is 0. The molecule has 2 unspecified atom stereocenters. The van der Waals surface area contributed by atoms with Gasteiger partial charge in [-0.3, -0.25) is 0 Å². The lowest BCUT2D eigenvalue weighted by Crippen LogP contribution is -2.41.